The number of ether oxygens (including phenoxy) is 2. The molecule has 0 aliphatic rings. The Morgan fingerprint density at radius 3 is 2.31 bits per heavy atom. The molecule has 3 nitrogen and oxygen atoms in total. The molecule has 0 radical (unpaired) electrons. The molecule has 0 spiro atoms. The Hall–Kier alpha value is -1.22. The van der Waals surface area contributed by atoms with Gasteiger partial charge in [0.15, 0.2) is 11.5 Å². The van der Waals surface area contributed by atoms with Gasteiger partial charge in [-0.25, -0.2) is 0 Å². The van der Waals surface area contributed by atoms with Gasteiger partial charge in [0.25, 0.3) is 0 Å². The molecule has 16 heavy (non-hydrogen) atoms. The number of hydrogen-bond acceptors (Lipinski definition) is 3. The molecule has 0 saturated carbocycles. The van der Waals surface area contributed by atoms with Gasteiger partial charge in [-0.05, 0) is 49.6 Å². The first kappa shape index (κ1) is 12.8. The number of aryl methyl sites for hydroxylation is 1. The minimum atomic E-state index is 0.643. The number of rotatable bonds is 6. The maximum Gasteiger partial charge on any atom is 0.161 e. The van der Waals surface area contributed by atoms with Crippen molar-refractivity contribution in [1.82, 2.24) is 0 Å². The van der Waals surface area contributed by atoms with E-state index in [2.05, 4.69) is 13.0 Å². The van der Waals surface area contributed by atoms with Crippen LogP contribution >= 0.6 is 0 Å². The van der Waals surface area contributed by atoms with E-state index in [0.29, 0.717) is 13.2 Å². The molecular weight excluding hydrogens is 202 g/mol. The molecule has 0 heterocycles. The van der Waals surface area contributed by atoms with E-state index in [0.717, 1.165) is 24.3 Å². The molecule has 1 aromatic rings. The molecule has 0 fully saturated rings. The summed E-state index contributed by atoms with van der Waals surface area (Å²) < 4.78 is 10.9. The van der Waals surface area contributed by atoms with Gasteiger partial charge in [-0.2, -0.15) is 0 Å². The van der Waals surface area contributed by atoms with E-state index < -0.39 is 0 Å². The van der Waals surface area contributed by atoms with Gasteiger partial charge in [0.05, 0.1) is 13.7 Å². The Morgan fingerprint density at radius 1 is 1.12 bits per heavy atom. The molecule has 0 atom stereocenters. The number of hydrogen-bond donors (Lipinski definition) is 1. The highest BCUT2D eigenvalue weighted by atomic mass is 16.5. The largest absolute Gasteiger partial charge is 0.493 e. The molecule has 0 saturated heterocycles. The standard InChI is InChI=1S/C13H21NO2/c1-4-10-8-12(15-3)13(16-5-2)9-11(10)6-7-14/h8-9H,4-7,14H2,1-3H3. The minimum Gasteiger partial charge on any atom is -0.493 e. The van der Waals surface area contributed by atoms with E-state index in [1.165, 1.54) is 11.1 Å². The Kier molecular flexibility index (Phi) is 5.12. The lowest BCUT2D eigenvalue weighted by molar-refractivity contribution is 0.310. The van der Waals surface area contributed by atoms with Crippen molar-refractivity contribution in [2.24, 2.45) is 5.73 Å². The van der Waals surface area contributed by atoms with E-state index in [1.54, 1.807) is 7.11 Å². The third-order valence-electron chi connectivity index (χ3n) is 2.58. The van der Waals surface area contributed by atoms with Crippen LogP contribution in [0.3, 0.4) is 0 Å². The molecule has 0 unspecified atom stereocenters. The highest BCUT2D eigenvalue weighted by Crippen LogP contribution is 2.31. The highest BCUT2D eigenvalue weighted by molar-refractivity contribution is 5.47. The van der Waals surface area contributed by atoms with Gasteiger partial charge in [-0.1, -0.05) is 6.92 Å². The summed E-state index contributed by atoms with van der Waals surface area (Å²) in [7, 11) is 1.67. The summed E-state index contributed by atoms with van der Waals surface area (Å²) in [6.07, 6.45) is 1.87. The number of benzene rings is 1. The second-order valence-electron chi connectivity index (χ2n) is 3.60. The van der Waals surface area contributed by atoms with Crippen LogP contribution in [0.4, 0.5) is 0 Å². The maximum absolute atomic E-state index is 5.61. The second kappa shape index (κ2) is 6.38. The zero-order valence-corrected chi connectivity index (χ0v) is 10.4. The number of methoxy groups -OCH3 is 1. The maximum atomic E-state index is 5.61. The van der Waals surface area contributed by atoms with Crippen LogP contribution in [0.15, 0.2) is 12.1 Å². The molecule has 1 aromatic carbocycles. The lowest BCUT2D eigenvalue weighted by atomic mass is 10.0. The monoisotopic (exact) mass is 223 g/mol. The van der Waals surface area contributed by atoms with Crippen molar-refractivity contribution in [3.8, 4) is 11.5 Å². The molecule has 1 rings (SSSR count). The molecule has 0 amide bonds. The summed E-state index contributed by atoms with van der Waals surface area (Å²) in [5.74, 6) is 1.62. The van der Waals surface area contributed by atoms with E-state index in [4.69, 9.17) is 15.2 Å². The normalized spacial score (nSPS) is 10.2. The van der Waals surface area contributed by atoms with Gasteiger partial charge in [0.2, 0.25) is 0 Å². The van der Waals surface area contributed by atoms with Gasteiger partial charge in [0, 0.05) is 0 Å². The topological polar surface area (TPSA) is 44.5 Å². The lowest BCUT2D eigenvalue weighted by Gasteiger charge is -2.14. The fraction of sp³-hybridized carbons (Fsp3) is 0.538. The molecular formula is C13H21NO2. The molecule has 3 heteroatoms. The Morgan fingerprint density at radius 2 is 1.81 bits per heavy atom. The quantitative estimate of drug-likeness (QED) is 0.803. The van der Waals surface area contributed by atoms with Gasteiger partial charge in [-0.3, -0.25) is 0 Å². The zero-order valence-electron chi connectivity index (χ0n) is 10.4. The van der Waals surface area contributed by atoms with Crippen LogP contribution in [0.5, 0.6) is 11.5 Å². The predicted molar refractivity (Wildman–Crippen MR) is 66.3 cm³/mol. The van der Waals surface area contributed by atoms with Gasteiger partial charge >= 0.3 is 0 Å². The van der Waals surface area contributed by atoms with Crippen LogP contribution in [0, 0.1) is 0 Å². The van der Waals surface area contributed by atoms with E-state index in [1.807, 2.05) is 13.0 Å². The fourth-order valence-electron chi connectivity index (χ4n) is 1.79. The first-order chi connectivity index (χ1) is 7.76. The third-order valence-corrected chi connectivity index (χ3v) is 2.58. The van der Waals surface area contributed by atoms with Crippen LogP contribution in [0.1, 0.15) is 25.0 Å². The van der Waals surface area contributed by atoms with E-state index >= 15 is 0 Å². The summed E-state index contributed by atoms with van der Waals surface area (Å²) in [5, 5.41) is 0. The Bertz CT molecular complexity index is 308. The summed E-state index contributed by atoms with van der Waals surface area (Å²) in [6.45, 7) is 5.40. The molecule has 2 N–H and O–H groups in total. The van der Waals surface area contributed by atoms with Crippen molar-refractivity contribution >= 4 is 0 Å². The molecule has 0 aliphatic carbocycles. The second-order valence-corrected chi connectivity index (χ2v) is 3.60. The first-order valence-electron chi connectivity index (χ1n) is 5.79. The van der Waals surface area contributed by atoms with Crippen LogP contribution in [0.25, 0.3) is 0 Å². The van der Waals surface area contributed by atoms with Crippen LogP contribution < -0.4 is 15.2 Å². The van der Waals surface area contributed by atoms with Gasteiger partial charge in [-0.15, -0.1) is 0 Å². The Labute approximate surface area is 97.6 Å². The summed E-state index contributed by atoms with van der Waals surface area (Å²) in [4.78, 5) is 0. The number of nitrogens with two attached hydrogens (primary N) is 1. The molecule has 0 bridgehead atoms. The zero-order chi connectivity index (χ0) is 12.0. The molecule has 0 aliphatic heterocycles. The highest BCUT2D eigenvalue weighted by Gasteiger charge is 2.09. The fourth-order valence-corrected chi connectivity index (χ4v) is 1.79. The lowest BCUT2D eigenvalue weighted by Crippen LogP contribution is -2.06. The van der Waals surface area contributed by atoms with Crippen molar-refractivity contribution < 1.29 is 9.47 Å². The predicted octanol–water partition coefficient (Wildman–Crippen LogP) is 2.16. The third kappa shape index (κ3) is 2.89. The van der Waals surface area contributed by atoms with Crippen LogP contribution in [-0.4, -0.2) is 20.3 Å². The minimum absolute atomic E-state index is 0.643. The van der Waals surface area contributed by atoms with Crippen molar-refractivity contribution in [2.45, 2.75) is 26.7 Å². The first-order valence-corrected chi connectivity index (χ1v) is 5.79. The van der Waals surface area contributed by atoms with Gasteiger partial charge in [0.1, 0.15) is 0 Å². The van der Waals surface area contributed by atoms with Crippen molar-refractivity contribution in [3.05, 3.63) is 23.3 Å². The van der Waals surface area contributed by atoms with Gasteiger partial charge < -0.3 is 15.2 Å². The average molecular weight is 223 g/mol. The summed E-state index contributed by atoms with van der Waals surface area (Å²) >= 11 is 0. The van der Waals surface area contributed by atoms with Crippen molar-refractivity contribution in [1.29, 1.82) is 0 Å². The van der Waals surface area contributed by atoms with Crippen LogP contribution in [-0.2, 0) is 12.8 Å². The van der Waals surface area contributed by atoms with Crippen molar-refractivity contribution in [2.75, 3.05) is 20.3 Å². The summed E-state index contributed by atoms with van der Waals surface area (Å²) in [5.41, 5.74) is 8.15. The van der Waals surface area contributed by atoms with E-state index in [-0.39, 0.29) is 0 Å². The van der Waals surface area contributed by atoms with E-state index in [9.17, 15) is 0 Å². The average Bonchev–Trinajstić information content (AvgIpc) is 2.30. The molecule has 90 valence electrons. The smallest absolute Gasteiger partial charge is 0.161 e. The molecule has 0 aromatic heterocycles. The van der Waals surface area contributed by atoms with Crippen molar-refractivity contribution in [3.63, 3.8) is 0 Å². The summed E-state index contributed by atoms with van der Waals surface area (Å²) in [6, 6.07) is 4.10. The Balaban J connectivity index is 3.12. The van der Waals surface area contributed by atoms with Crippen LogP contribution in [0.2, 0.25) is 0 Å². The SMILES string of the molecule is CCOc1cc(CCN)c(CC)cc1OC.